The van der Waals surface area contributed by atoms with E-state index in [0.717, 1.165) is 34.6 Å². The van der Waals surface area contributed by atoms with Crippen LogP contribution in [0.5, 0.6) is 17.4 Å². The lowest BCUT2D eigenvalue weighted by atomic mass is 9.78. The van der Waals surface area contributed by atoms with E-state index in [1.54, 1.807) is 42.7 Å². The molecule has 2 N–H and O–H groups in total. The number of hydrogen-bond acceptors (Lipinski definition) is 11. The summed E-state index contributed by atoms with van der Waals surface area (Å²) in [7, 11) is 0. The minimum atomic E-state index is -0.989. The number of amides is 4. The first-order valence-electron chi connectivity index (χ1n) is 17.0. The van der Waals surface area contributed by atoms with Crippen molar-refractivity contribution in [3.05, 3.63) is 114 Å². The van der Waals surface area contributed by atoms with Crippen LogP contribution in [0.25, 0.3) is 5.82 Å². The van der Waals surface area contributed by atoms with Gasteiger partial charge < -0.3 is 14.8 Å². The van der Waals surface area contributed by atoms with E-state index in [4.69, 9.17) is 9.47 Å². The van der Waals surface area contributed by atoms with E-state index < -0.39 is 29.7 Å². The Morgan fingerprint density at radius 3 is 2.12 bits per heavy atom. The number of fused-ring (bicyclic) bond motifs is 1. The van der Waals surface area contributed by atoms with Crippen LogP contribution in [0.1, 0.15) is 71.4 Å². The van der Waals surface area contributed by atoms with E-state index in [9.17, 15) is 19.2 Å². The van der Waals surface area contributed by atoms with Crippen molar-refractivity contribution in [3.63, 3.8) is 0 Å². The van der Waals surface area contributed by atoms with Crippen LogP contribution in [-0.4, -0.2) is 71.9 Å². The standard InChI is InChI=1S/C38H34N8O6/c1-38(2,23-5-10-27(11-6-23)52-34-16-14-32(43-44-34)46-39-17-18-40-46)22-3-8-26(9-4-22)51-28-19-25(20-28)41-24-7-12-29-30(21-24)37(50)45(36(29)49)31-13-15-33(47)42-35(31)48/h3-12,14,16-18,21,25,28,31,41H,13,15,19-20H2,1-2H3,(H,42,47,48)/t25-,28-,31?. The van der Waals surface area contributed by atoms with Crippen molar-refractivity contribution in [2.75, 3.05) is 5.32 Å². The van der Waals surface area contributed by atoms with Gasteiger partial charge in [0.15, 0.2) is 5.82 Å². The quantitative estimate of drug-likeness (QED) is 0.196. The Morgan fingerprint density at radius 1 is 0.788 bits per heavy atom. The van der Waals surface area contributed by atoms with Crippen molar-refractivity contribution in [2.24, 2.45) is 0 Å². The van der Waals surface area contributed by atoms with E-state index in [1.807, 2.05) is 36.4 Å². The molecule has 2 aliphatic heterocycles. The van der Waals surface area contributed by atoms with Crippen molar-refractivity contribution < 1.29 is 28.7 Å². The molecular formula is C38H34N8O6. The van der Waals surface area contributed by atoms with Gasteiger partial charge in [0.2, 0.25) is 17.7 Å². The maximum Gasteiger partial charge on any atom is 0.262 e. The largest absolute Gasteiger partial charge is 0.490 e. The van der Waals surface area contributed by atoms with E-state index in [2.05, 4.69) is 57.0 Å². The number of piperidine rings is 1. The number of rotatable bonds is 10. The molecule has 262 valence electrons. The molecule has 14 nitrogen and oxygen atoms in total. The minimum absolute atomic E-state index is 0.0349. The highest BCUT2D eigenvalue weighted by molar-refractivity contribution is 6.23. The van der Waals surface area contributed by atoms with Crippen LogP contribution < -0.4 is 20.1 Å². The Morgan fingerprint density at radius 2 is 1.46 bits per heavy atom. The summed E-state index contributed by atoms with van der Waals surface area (Å²) in [4.78, 5) is 52.4. The Bertz CT molecular complexity index is 2160. The smallest absolute Gasteiger partial charge is 0.262 e. The fraction of sp³-hybridized carbons (Fsp3) is 0.263. The number of aromatic nitrogens is 5. The lowest BCUT2D eigenvalue weighted by molar-refractivity contribution is -0.136. The molecule has 1 aliphatic carbocycles. The van der Waals surface area contributed by atoms with Gasteiger partial charge in [-0.15, -0.1) is 15.0 Å². The van der Waals surface area contributed by atoms with Gasteiger partial charge in [0, 0.05) is 42.5 Å². The normalized spacial score (nSPS) is 19.9. The molecule has 1 saturated heterocycles. The summed E-state index contributed by atoms with van der Waals surface area (Å²) >= 11 is 0. The molecule has 0 bridgehead atoms. The number of hydrogen-bond donors (Lipinski definition) is 2. The maximum absolute atomic E-state index is 13.2. The average Bonchev–Trinajstić information content (AvgIpc) is 3.75. The van der Waals surface area contributed by atoms with Crippen molar-refractivity contribution in [1.82, 2.24) is 35.4 Å². The Kier molecular flexibility index (Phi) is 8.20. The second-order valence-electron chi connectivity index (χ2n) is 13.6. The molecule has 4 amide bonds. The number of anilines is 1. The van der Waals surface area contributed by atoms with Gasteiger partial charge in [-0.1, -0.05) is 38.1 Å². The molecule has 1 unspecified atom stereocenters. The Labute approximate surface area is 298 Å². The average molecular weight is 699 g/mol. The number of carbonyl (C=O) groups is 4. The fourth-order valence-corrected chi connectivity index (χ4v) is 6.75. The summed E-state index contributed by atoms with van der Waals surface area (Å²) in [6.45, 7) is 4.34. The predicted molar refractivity (Wildman–Crippen MR) is 186 cm³/mol. The summed E-state index contributed by atoms with van der Waals surface area (Å²) in [5.74, 6) is 0.222. The maximum atomic E-state index is 13.2. The predicted octanol–water partition coefficient (Wildman–Crippen LogP) is 4.60. The zero-order valence-corrected chi connectivity index (χ0v) is 28.4. The van der Waals surface area contributed by atoms with Gasteiger partial charge in [-0.3, -0.25) is 29.4 Å². The van der Waals surface area contributed by atoms with Gasteiger partial charge in [-0.25, -0.2) is 0 Å². The molecule has 2 aromatic heterocycles. The first kappa shape index (κ1) is 32.7. The van der Waals surface area contributed by atoms with Crippen LogP contribution in [0, 0.1) is 0 Å². The zero-order chi connectivity index (χ0) is 36.0. The Balaban J connectivity index is 0.831. The first-order chi connectivity index (χ1) is 25.1. The van der Waals surface area contributed by atoms with E-state index in [-0.39, 0.29) is 41.5 Å². The van der Waals surface area contributed by atoms with Crippen molar-refractivity contribution >= 4 is 29.3 Å². The van der Waals surface area contributed by atoms with Crippen LogP contribution in [0.3, 0.4) is 0 Å². The van der Waals surface area contributed by atoms with Gasteiger partial charge in [0.1, 0.15) is 23.6 Å². The zero-order valence-electron chi connectivity index (χ0n) is 28.4. The van der Waals surface area contributed by atoms with Crippen molar-refractivity contribution in [3.8, 4) is 23.2 Å². The third kappa shape index (κ3) is 6.23. The summed E-state index contributed by atoms with van der Waals surface area (Å²) < 4.78 is 12.2. The summed E-state index contributed by atoms with van der Waals surface area (Å²) in [5, 5.41) is 22.0. The third-order valence-corrected chi connectivity index (χ3v) is 9.83. The molecule has 1 atom stereocenters. The molecule has 1 saturated carbocycles. The van der Waals surface area contributed by atoms with Crippen molar-refractivity contribution in [2.45, 2.75) is 63.1 Å². The highest BCUT2D eigenvalue weighted by Gasteiger charge is 2.45. The van der Waals surface area contributed by atoms with Crippen molar-refractivity contribution in [1.29, 1.82) is 0 Å². The fourth-order valence-electron chi connectivity index (χ4n) is 6.75. The number of benzene rings is 3. The van der Waals surface area contributed by atoms with E-state index in [0.29, 0.717) is 23.1 Å². The van der Waals surface area contributed by atoms with E-state index >= 15 is 0 Å². The molecule has 8 rings (SSSR count). The SMILES string of the molecule is CC(C)(c1ccc(Oc2ccc(-n3nccn3)nn2)cc1)c1ccc(O[C@H]2C[C@H](Nc3ccc4c(c3)C(=O)N(C3CCC(=O)NC3=O)C4=O)C2)cc1. The van der Waals surface area contributed by atoms with Gasteiger partial charge >= 0.3 is 0 Å². The number of imide groups is 2. The number of nitrogens with zero attached hydrogens (tertiary/aromatic N) is 6. The summed E-state index contributed by atoms with van der Waals surface area (Å²) in [5.41, 5.74) is 3.20. The molecule has 4 heterocycles. The van der Waals surface area contributed by atoms with Crippen LogP contribution in [-0.2, 0) is 15.0 Å². The third-order valence-electron chi connectivity index (χ3n) is 9.83. The first-order valence-corrected chi connectivity index (χ1v) is 17.0. The molecule has 2 fully saturated rings. The number of carbonyl (C=O) groups excluding carboxylic acids is 4. The monoisotopic (exact) mass is 698 g/mol. The molecule has 5 aromatic rings. The van der Waals surface area contributed by atoms with Gasteiger partial charge in [-0.05, 0) is 66.1 Å². The summed E-state index contributed by atoms with van der Waals surface area (Å²) in [6.07, 6.45) is 4.91. The highest BCUT2D eigenvalue weighted by atomic mass is 16.5. The second kappa shape index (κ2) is 13.0. The van der Waals surface area contributed by atoms with Crippen LogP contribution in [0.4, 0.5) is 5.69 Å². The van der Waals surface area contributed by atoms with Crippen LogP contribution >= 0.6 is 0 Å². The van der Waals surface area contributed by atoms with Gasteiger partial charge in [-0.2, -0.15) is 10.2 Å². The number of nitrogens with one attached hydrogen (secondary N) is 2. The Hall–Kier alpha value is -6.44. The van der Waals surface area contributed by atoms with E-state index in [1.165, 1.54) is 4.80 Å². The van der Waals surface area contributed by atoms with Crippen LogP contribution in [0.15, 0.2) is 91.3 Å². The van der Waals surface area contributed by atoms with Gasteiger partial charge in [0.05, 0.1) is 23.5 Å². The lowest BCUT2D eigenvalue weighted by Gasteiger charge is -2.36. The molecule has 0 radical (unpaired) electrons. The molecular weight excluding hydrogens is 664 g/mol. The minimum Gasteiger partial charge on any atom is -0.490 e. The lowest BCUT2D eigenvalue weighted by Crippen LogP contribution is -2.54. The number of ether oxygens (including phenoxy) is 2. The summed E-state index contributed by atoms with van der Waals surface area (Å²) in [6, 6.07) is 23.7. The second-order valence-corrected chi connectivity index (χ2v) is 13.6. The highest BCUT2D eigenvalue weighted by Crippen LogP contribution is 2.36. The molecule has 0 spiro atoms. The topological polar surface area (TPSA) is 171 Å². The molecule has 14 heteroatoms. The van der Waals surface area contributed by atoms with Gasteiger partial charge in [0.25, 0.3) is 11.8 Å². The molecule has 3 aliphatic rings. The molecule has 3 aromatic carbocycles. The van der Waals surface area contributed by atoms with Crippen LogP contribution in [0.2, 0.25) is 0 Å². The molecule has 52 heavy (non-hydrogen) atoms.